The van der Waals surface area contributed by atoms with Crippen LogP contribution in [0.25, 0.3) is 0 Å². The minimum absolute atomic E-state index is 0.741. The average Bonchev–Trinajstić information content (AvgIpc) is 3.12. The van der Waals surface area contributed by atoms with Gasteiger partial charge in [-0.2, -0.15) is 4.99 Å². The van der Waals surface area contributed by atoms with Gasteiger partial charge in [0.1, 0.15) is 0 Å². The van der Waals surface area contributed by atoms with Gasteiger partial charge in [-0.15, -0.1) is 0 Å². The van der Waals surface area contributed by atoms with Gasteiger partial charge >= 0.3 is 0 Å². The summed E-state index contributed by atoms with van der Waals surface area (Å²) in [4.78, 5) is 11.3. The molecule has 0 spiro atoms. The van der Waals surface area contributed by atoms with Gasteiger partial charge in [-0.1, -0.05) is 18.2 Å². The second kappa shape index (κ2) is 5.73. The zero-order valence-corrected chi connectivity index (χ0v) is 11.0. The van der Waals surface area contributed by atoms with E-state index >= 15 is 0 Å². The van der Waals surface area contributed by atoms with Crippen molar-refractivity contribution in [2.24, 2.45) is 9.98 Å². The number of rotatable bonds is 1. The lowest BCUT2D eigenvalue weighted by atomic mass is 10.3. The van der Waals surface area contributed by atoms with Crippen LogP contribution in [0.4, 0.5) is 5.69 Å². The van der Waals surface area contributed by atoms with Crippen molar-refractivity contribution in [1.82, 2.24) is 10.2 Å². The molecule has 1 aromatic carbocycles. The van der Waals surface area contributed by atoms with Gasteiger partial charge in [0.15, 0.2) is 0 Å². The third-order valence-electron chi connectivity index (χ3n) is 3.30. The average molecular weight is 257 g/mol. The SMILES string of the molecule is c1ccc(N/C(=N\C2=NCCN2)N2CCCC2)cc1. The summed E-state index contributed by atoms with van der Waals surface area (Å²) in [6.45, 7) is 3.83. The van der Waals surface area contributed by atoms with Crippen molar-refractivity contribution in [3.63, 3.8) is 0 Å². The summed E-state index contributed by atoms with van der Waals surface area (Å²) in [6.07, 6.45) is 2.46. The van der Waals surface area contributed by atoms with E-state index in [9.17, 15) is 0 Å². The van der Waals surface area contributed by atoms with Crippen LogP contribution in [0.2, 0.25) is 0 Å². The molecule has 1 saturated heterocycles. The number of anilines is 1. The predicted molar refractivity (Wildman–Crippen MR) is 78.6 cm³/mol. The fraction of sp³-hybridized carbons (Fsp3) is 0.429. The van der Waals surface area contributed by atoms with E-state index < -0.39 is 0 Å². The maximum atomic E-state index is 4.62. The molecule has 2 aliphatic heterocycles. The summed E-state index contributed by atoms with van der Waals surface area (Å²) in [5, 5.41) is 6.60. The van der Waals surface area contributed by atoms with Gasteiger partial charge in [0.25, 0.3) is 0 Å². The van der Waals surface area contributed by atoms with Gasteiger partial charge < -0.3 is 15.5 Å². The molecule has 19 heavy (non-hydrogen) atoms. The minimum atomic E-state index is 0.741. The van der Waals surface area contributed by atoms with E-state index in [1.165, 1.54) is 12.8 Å². The van der Waals surface area contributed by atoms with Crippen molar-refractivity contribution in [2.75, 3.05) is 31.5 Å². The second-order valence-corrected chi connectivity index (χ2v) is 4.75. The molecule has 5 heteroatoms. The van der Waals surface area contributed by atoms with E-state index in [1.54, 1.807) is 0 Å². The maximum Gasteiger partial charge on any atom is 0.221 e. The Morgan fingerprint density at radius 2 is 2.00 bits per heavy atom. The summed E-state index contributed by atoms with van der Waals surface area (Å²) in [5.74, 6) is 1.64. The number of nitrogens with zero attached hydrogens (tertiary/aromatic N) is 3. The van der Waals surface area contributed by atoms with E-state index in [2.05, 4.69) is 37.7 Å². The summed E-state index contributed by atoms with van der Waals surface area (Å²) >= 11 is 0. The van der Waals surface area contributed by atoms with Gasteiger partial charge in [-0.05, 0) is 25.0 Å². The van der Waals surface area contributed by atoms with Crippen LogP contribution in [-0.2, 0) is 0 Å². The van der Waals surface area contributed by atoms with Gasteiger partial charge in [-0.25, -0.2) is 4.99 Å². The normalized spacial score (nSPS) is 19.3. The van der Waals surface area contributed by atoms with Crippen LogP contribution in [0.5, 0.6) is 0 Å². The Labute approximate surface area is 113 Å². The maximum absolute atomic E-state index is 4.62. The molecule has 0 saturated carbocycles. The van der Waals surface area contributed by atoms with Gasteiger partial charge in [0.2, 0.25) is 11.9 Å². The molecule has 0 amide bonds. The van der Waals surface area contributed by atoms with E-state index in [0.717, 1.165) is 43.8 Å². The van der Waals surface area contributed by atoms with E-state index in [0.29, 0.717) is 0 Å². The molecule has 5 nitrogen and oxygen atoms in total. The highest BCUT2D eigenvalue weighted by Gasteiger charge is 2.17. The number of benzene rings is 1. The van der Waals surface area contributed by atoms with E-state index in [1.807, 2.05) is 18.2 Å². The first-order valence-electron chi connectivity index (χ1n) is 6.86. The summed E-state index contributed by atoms with van der Waals surface area (Å²) in [5.41, 5.74) is 1.06. The van der Waals surface area contributed by atoms with Crippen molar-refractivity contribution in [3.05, 3.63) is 30.3 Å². The number of para-hydroxylation sites is 1. The van der Waals surface area contributed by atoms with Gasteiger partial charge in [0, 0.05) is 25.3 Å². The molecule has 0 radical (unpaired) electrons. The molecule has 0 atom stereocenters. The van der Waals surface area contributed by atoms with Gasteiger partial charge in [0.05, 0.1) is 6.54 Å². The largest absolute Gasteiger partial charge is 0.353 e. The Morgan fingerprint density at radius 3 is 2.68 bits per heavy atom. The first-order valence-corrected chi connectivity index (χ1v) is 6.86. The summed E-state index contributed by atoms with van der Waals surface area (Å²) in [7, 11) is 0. The Bertz CT molecular complexity index is 474. The smallest absolute Gasteiger partial charge is 0.221 e. The minimum Gasteiger partial charge on any atom is -0.353 e. The zero-order chi connectivity index (χ0) is 12.9. The molecule has 0 aliphatic carbocycles. The van der Waals surface area contributed by atoms with Crippen LogP contribution >= 0.6 is 0 Å². The summed E-state index contributed by atoms with van der Waals surface area (Å²) < 4.78 is 0. The Kier molecular flexibility index (Phi) is 3.63. The lowest BCUT2D eigenvalue weighted by Crippen LogP contribution is -2.35. The number of guanidine groups is 2. The van der Waals surface area contributed by atoms with Crippen LogP contribution in [0.1, 0.15) is 12.8 Å². The summed E-state index contributed by atoms with van der Waals surface area (Å²) in [6, 6.07) is 10.2. The second-order valence-electron chi connectivity index (χ2n) is 4.75. The van der Waals surface area contributed by atoms with Crippen molar-refractivity contribution >= 4 is 17.6 Å². The number of hydrogen-bond acceptors (Lipinski definition) is 3. The molecule has 0 aromatic heterocycles. The monoisotopic (exact) mass is 257 g/mol. The molecule has 2 heterocycles. The number of aliphatic imine (C=N–C) groups is 2. The molecule has 0 bridgehead atoms. The first-order chi connectivity index (χ1) is 9.42. The Morgan fingerprint density at radius 1 is 1.21 bits per heavy atom. The number of nitrogens with one attached hydrogen (secondary N) is 2. The third kappa shape index (κ3) is 3.05. The molecule has 2 N–H and O–H groups in total. The molecule has 2 aliphatic rings. The fourth-order valence-electron chi connectivity index (χ4n) is 2.32. The highest BCUT2D eigenvalue weighted by molar-refractivity contribution is 6.02. The fourth-order valence-corrected chi connectivity index (χ4v) is 2.32. The van der Waals surface area contributed by atoms with Crippen molar-refractivity contribution in [1.29, 1.82) is 0 Å². The molecule has 1 aromatic rings. The van der Waals surface area contributed by atoms with E-state index in [-0.39, 0.29) is 0 Å². The lowest BCUT2D eigenvalue weighted by Gasteiger charge is -2.21. The predicted octanol–water partition coefficient (Wildman–Crippen LogP) is 1.51. The first kappa shape index (κ1) is 12.0. The van der Waals surface area contributed by atoms with Crippen LogP contribution in [0.15, 0.2) is 40.3 Å². The van der Waals surface area contributed by atoms with Crippen LogP contribution in [0, 0.1) is 0 Å². The lowest BCUT2D eigenvalue weighted by molar-refractivity contribution is 0.518. The standard InChI is InChI=1S/C14H19N5/c1-2-6-12(7-3-1)17-14(19-10-4-5-11-19)18-13-15-8-9-16-13/h1-3,6-7H,4-5,8-11H2,(H2,15,16,17,18). The number of likely N-dealkylation sites (tertiary alicyclic amines) is 1. The Hall–Kier alpha value is -2.04. The topological polar surface area (TPSA) is 52.0 Å². The molecule has 3 rings (SSSR count). The van der Waals surface area contributed by atoms with Crippen molar-refractivity contribution < 1.29 is 0 Å². The van der Waals surface area contributed by atoms with Crippen LogP contribution in [0.3, 0.4) is 0 Å². The quantitative estimate of drug-likeness (QED) is 0.592. The van der Waals surface area contributed by atoms with Gasteiger partial charge in [-0.3, -0.25) is 0 Å². The van der Waals surface area contributed by atoms with Crippen LogP contribution < -0.4 is 10.6 Å². The molecular weight excluding hydrogens is 238 g/mol. The van der Waals surface area contributed by atoms with Crippen molar-refractivity contribution in [3.8, 4) is 0 Å². The molecule has 1 fully saturated rings. The van der Waals surface area contributed by atoms with Crippen LogP contribution in [-0.4, -0.2) is 43.0 Å². The number of hydrogen-bond donors (Lipinski definition) is 2. The molecule has 100 valence electrons. The Balaban J connectivity index is 1.79. The molecular formula is C14H19N5. The highest BCUT2D eigenvalue weighted by atomic mass is 15.3. The zero-order valence-electron chi connectivity index (χ0n) is 11.0. The molecule has 0 unspecified atom stereocenters. The highest BCUT2D eigenvalue weighted by Crippen LogP contribution is 2.12. The third-order valence-corrected chi connectivity index (χ3v) is 3.30. The van der Waals surface area contributed by atoms with Crippen molar-refractivity contribution in [2.45, 2.75) is 12.8 Å². The van der Waals surface area contributed by atoms with E-state index in [4.69, 9.17) is 0 Å².